The monoisotopic (exact) mass is 418 g/mol. The maximum atomic E-state index is 13.4. The van der Waals surface area contributed by atoms with Gasteiger partial charge in [0.2, 0.25) is 5.90 Å². The van der Waals surface area contributed by atoms with Crippen LogP contribution in [0.1, 0.15) is 16.7 Å². The molecular weight excluding hydrogens is 403 g/mol. The van der Waals surface area contributed by atoms with Crippen molar-refractivity contribution in [3.05, 3.63) is 111 Å². The predicted octanol–water partition coefficient (Wildman–Crippen LogP) is 4.66. The number of ether oxygens (including phenoxy) is 2. The molecule has 0 amide bonds. The van der Waals surface area contributed by atoms with Crippen LogP contribution < -0.4 is 4.74 Å². The molecule has 0 spiro atoms. The van der Waals surface area contributed by atoms with E-state index in [-0.39, 0.29) is 23.9 Å². The first kappa shape index (κ1) is 20.0. The molecule has 1 aliphatic heterocycles. The lowest BCUT2D eigenvalue weighted by Gasteiger charge is -2.09. The second-order valence-electron chi connectivity index (χ2n) is 6.60. The molecule has 1 aliphatic rings. The minimum Gasteiger partial charge on any atom is -0.488 e. The van der Waals surface area contributed by atoms with Gasteiger partial charge in [0.1, 0.15) is 18.2 Å². The third kappa shape index (κ3) is 4.64. The number of halogens is 1. The fraction of sp³-hybridized carbons (Fsp3) is 0.0435. The lowest BCUT2D eigenvalue weighted by molar-refractivity contribution is -0.384. The van der Waals surface area contributed by atoms with Gasteiger partial charge in [-0.3, -0.25) is 10.1 Å². The summed E-state index contributed by atoms with van der Waals surface area (Å²) in [5, 5.41) is 10.8. The van der Waals surface area contributed by atoms with Crippen molar-refractivity contribution in [3.8, 4) is 5.75 Å². The summed E-state index contributed by atoms with van der Waals surface area (Å²) in [5.41, 5.74) is 1.77. The summed E-state index contributed by atoms with van der Waals surface area (Å²) < 4.78 is 24.4. The van der Waals surface area contributed by atoms with E-state index < -0.39 is 16.7 Å². The number of nitrogens with zero attached hydrogens (tertiary/aromatic N) is 2. The van der Waals surface area contributed by atoms with Crippen LogP contribution >= 0.6 is 0 Å². The predicted molar refractivity (Wildman–Crippen MR) is 111 cm³/mol. The van der Waals surface area contributed by atoms with Crippen molar-refractivity contribution in [2.24, 2.45) is 4.99 Å². The maximum Gasteiger partial charge on any atom is 0.363 e. The molecule has 0 saturated heterocycles. The van der Waals surface area contributed by atoms with Crippen LogP contribution in [0.15, 0.2) is 83.5 Å². The standard InChI is InChI=1S/C23H15FN2O5/c24-18-6-3-5-17(12-18)22-25-20(23(27)31-22)13-16-4-1-2-7-21(16)30-14-15-8-10-19(11-9-15)26(28)29/h1-13H,14H2. The van der Waals surface area contributed by atoms with Gasteiger partial charge in [-0.1, -0.05) is 24.3 Å². The van der Waals surface area contributed by atoms with Crippen LogP contribution in [0.5, 0.6) is 5.75 Å². The average molecular weight is 418 g/mol. The Balaban J connectivity index is 1.54. The number of carbonyl (C=O) groups excluding carboxylic acids is 1. The molecular formula is C23H15FN2O5. The molecule has 3 aromatic rings. The maximum absolute atomic E-state index is 13.4. The van der Waals surface area contributed by atoms with E-state index in [1.165, 1.54) is 36.4 Å². The van der Waals surface area contributed by atoms with Crippen LogP contribution in [0.2, 0.25) is 0 Å². The topological polar surface area (TPSA) is 91.0 Å². The van der Waals surface area contributed by atoms with E-state index in [9.17, 15) is 19.3 Å². The molecule has 0 fully saturated rings. The highest BCUT2D eigenvalue weighted by molar-refractivity contribution is 6.12. The molecule has 0 aliphatic carbocycles. The average Bonchev–Trinajstić information content (AvgIpc) is 3.14. The fourth-order valence-electron chi connectivity index (χ4n) is 2.91. The highest BCUT2D eigenvalue weighted by Gasteiger charge is 2.24. The van der Waals surface area contributed by atoms with Crippen molar-refractivity contribution in [1.82, 2.24) is 0 Å². The summed E-state index contributed by atoms with van der Waals surface area (Å²) in [4.78, 5) is 26.7. The Morgan fingerprint density at radius 2 is 1.84 bits per heavy atom. The van der Waals surface area contributed by atoms with E-state index in [1.807, 2.05) is 0 Å². The molecule has 0 radical (unpaired) electrons. The number of aliphatic imine (C=N–C) groups is 1. The zero-order valence-electron chi connectivity index (χ0n) is 16.0. The molecule has 0 atom stereocenters. The van der Waals surface area contributed by atoms with E-state index in [2.05, 4.69) is 4.99 Å². The van der Waals surface area contributed by atoms with Gasteiger partial charge < -0.3 is 9.47 Å². The smallest absolute Gasteiger partial charge is 0.363 e. The lowest BCUT2D eigenvalue weighted by Crippen LogP contribution is -2.05. The van der Waals surface area contributed by atoms with Crippen molar-refractivity contribution < 1.29 is 23.6 Å². The van der Waals surface area contributed by atoms with Crippen molar-refractivity contribution in [1.29, 1.82) is 0 Å². The van der Waals surface area contributed by atoms with Crippen molar-refractivity contribution in [3.63, 3.8) is 0 Å². The van der Waals surface area contributed by atoms with E-state index in [0.717, 1.165) is 5.56 Å². The Bertz CT molecular complexity index is 1220. The third-order valence-electron chi connectivity index (χ3n) is 4.44. The Hall–Kier alpha value is -4.33. The largest absolute Gasteiger partial charge is 0.488 e. The van der Waals surface area contributed by atoms with Gasteiger partial charge in [0.15, 0.2) is 5.70 Å². The quantitative estimate of drug-likeness (QED) is 0.251. The van der Waals surface area contributed by atoms with Crippen molar-refractivity contribution in [2.75, 3.05) is 0 Å². The van der Waals surface area contributed by atoms with E-state index >= 15 is 0 Å². The number of nitro benzene ring substituents is 1. The van der Waals surface area contributed by atoms with E-state index in [4.69, 9.17) is 9.47 Å². The lowest BCUT2D eigenvalue weighted by atomic mass is 10.1. The number of non-ortho nitro benzene ring substituents is 1. The Kier molecular flexibility index (Phi) is 5.53. The molecule has 0 bridgehead atoms. The van der Waals surface area contributed by atoms with Gasteiger partial charge in [-0.05, 0) is 48.0 Å². The molecule has 154 valence electrons. The van der Waals surface area contributed by atoms with Gasteiger partial charge in [-0.25, -0.2) is 14.2 Å². The molecule has 3 aromatic carbocycles. The van der Waals surface area contributed by atoms with E-state index in [0.29, 0.717) is 16.9 Å². The second kappa shape index (κ2) is 8.58. The summed E-state index contributed by atoms with van der Waals surface area (Å²) in [6.07, 6.45) is 1.53. The molecule has 1 heterocycles. The Labute approximate surface area is 176 Å². The summed E-state index contributed by atoms with van der Waals surface area (Å²) >= 11 is 0. The highest BCUT2D eigenvalue weighted by atomic mass is 19.1. The SMILES string of the molecule is O=C1OC(c2cccc(F)c2)=NC1=Cc1ccccc1OCc1ccc([N+](=O)[O-])cc1. The first-order chi connectivity index (χ1) is 15.0. The number of hydrogen-bond acceptors (Lipinski definition) is 6. The van der Waals surface area contributed by atoms with Crippen molar-refractivity contribution >= 4 is 23.6 Å². The van der Waals surface area contributed by atoms with Gasteiger partial charge >= 0.3 is 5.97 Å². The number of carbonyl (C=O) groups is 1. The van der Waals surface area contributed by atoms with Crippen molar-refractivity contribution in [2.45, 2.75) is 6.61 Å². The highest BCUT2D eigenvalue weighted by Crippen LogP contribution is 2.26. The van der Waals surface area contributed by atoms with Crippen LogP contribution in [-0.4, -0.2) is 16.8 Å². The summed E-state index contributed by atoms with van der Waals surface area (Å²) in [5.74, 6) is -0.585. The normalized spacial score (nSPS) is 14.3. The first-order valence-electron chi connectivity index (χ1n) is 9.23. The number of rotatable bonds is 6. The van der Waals surface area contributed by atoms with Gasteiger partial charge in [0, 0.05) is 23.3 Å². The minimum atomic E-state index is -0.649. The van der Waals surface area contributed by atoms with Gasteiger partial charge in [0.25, 0.3) is 5.69 Å². The summed E-state index contributed by atoms with van der Waals surface area (Å²) in [6.45, 7) is 0.181. The molecule has 8 heteroatoms. The van der Waals surface area contributed by atoms with Crippen LogP contribution in [0.3, 0.4) is 0 Å². The van der Waals surface area contributed by atoms with Gasteiger partial charge in [0.05, 0.1) is 4.92 Å². The van der Waals surface area contributed by atoms with Gasteiger partial charge in [-0.2, -0.15) is 0 Å². The number of benzene rings is 3. The number of cyclic esters (lactones) is 1. The van der Waals surface area contributed by atoms with Crippen LogP contribution in [0.4, 0.5) is 10.1 Å². The number of para-hydroxylation sites is 1. The zero-order chi connectivity index (χ0) is 21.8. The molecule has 4 rings (SSSR count). The first-order valence-corrected chi connectivity index (χ1v) is 9.23. The zero-order valence-corrected chi connectivity index (χ0v) is 16.0. The second-order valence-corrected chi connectivity index (χ2v) is 6.60. The summed E-state index contributed by atoms with van der Waals surface area (Å²) in [6, 6.07) is 18.7. The number of esters is 1. The summed E-state index contributed by atoms with van der Waals surface area (Å²) in [7, 11) is 0. The van der Waals surface area contributed by atoms with Crippen LogP contribution in [0, 0.1) is 15.9 Å². The molecule has 31 heavy (non-hydrogen) atoms. The Morgan fingerprint density at radius 1 is 1.06 bits per heavy atom. The van der Waals surface area contributed by atoms with Crippen LogP contribution in [-0.2, 0) is 16.1 Å². The molecule has 7 nitrogen and oxygen atoms in total. The number of hydrogen-bond donors (Lipinski definition) is 0. The van der Waals surface area contributed by atoms with Gasteiger partial charge in [-0.15, -0.1) is 0 Å². The molecule has 0 N–H and O–H groups in total. The fourth-order valence-corrected chi connectivity index (χ4v) is 2.91. The van der Waals surface area contributed by atoms with E-state index in [1.54, 1.807) is 42.5 Å². The Morgan fingerprint density at radius 3 is 2.58 bits per heavy atom. The van der Waals surface area contributed by atoms with Crippen LogP contribution in [0.25, 0.3) is 6.08 Å². The molecule has 0 aromatic heterocycles. The number of nitro groups is 1. The molecule has 0 unspecified atom stereocenters. The minimum absolute atomic E-state index is 0.000548. The molecule has 0 saturated carbocycles. The third-order valence-corrected chi connectivity index (χ3v) is 4.44.